The van der Waals surface area contributed by atoms with Crippen LogP contribution in [-0.4, -0.2) is 40.4 Å². The summed E-state index contributed by atoms with van der Waals surface area (Å²) in [4.78, 5) is 53.2. The van der Waals surface area contributed by atoms with E-state index in [1.54, 1.807) is 27.1 Å². The van der Waals surface area contributed by atoms with Gasteiger partial charge in [-0.05, 0) is 43.3 Å². The van der Waals surface area contributed by atoms with Gasteiger partial charge in [-0.15, -0.1) is 0 Å². The Morgan fingerprint density at radius 2 is 1.79 bits per heavy atom. The van der Waals surface area contributed by atoms with Crippen LogP contribution in [0.3, 0.4) is 0 Å². The number of carbonyl (C=O) groups is 2. The lowest BCUT2D eigenvalue weighted by Gasteiger charge is -2.13. The number of fused-ring (bicyclic) bond motifs is 1. The molecule has 1 heterocycles. The molecule has 1 aromatic heterocycles. The van der Waals surface area contributed by atoms with Crippen LogP contribution in [0.4, 0.5) is 5.69 Å². The van der Waals surface area contributed by atoms with E-state index in [1.165, 1.54) is 35.2 Å². The minimum absolute atomic E-state index is 0.224. The van der Waals surface area contributed by atoms with Crippen LogP contribution in [0.25, 0.3) is 10.9 Å². The van der Waals surface area contributed by atoms with E-state index in [2.05, 4.69) is 10.3 Å². The van der Waals surface area contributed by atoms with Crippen molar-refractivity contribution < 1.29 is 9.59 Å². The van der Waals surface area contributed by atoms with Gasteiger partial charge in [0, 0.05) is 31.8 Å². The third-order valence-corrected chi connectivity index (χ3v) is 4.76. The van der Waals surface area contributed by atoms with Crippen LogP contribution in [0.5, 0.6) is 0 Å². The number of amides is 2. The molecule has 150 valence electrons. The fraction of sp³-hybridized carbons (Fsp3) is 0.200. The number of hydrogen-bond donors (Lipinski definition) is 2. The number of nitrogens with zero attached hydrogens (tertiary/aromatic N) is 2. The number of benzene rings is 2. The Morgan fingerprint density at radius 3 is 2.45 bits per heavy atom. The summed E-state index contributed by atoms with van der Waals surface area (Å²) in [6, 6.07) is 8.99. The van der Waals surface area contributed by atoms with Gasteiger partial charge in [-0.2, -0.15) is 0 Å². The Balaban J connectivity index is 1.96. The van der Waals surface area contributed by atoms with Gasteiger partial charge in [0.05, 0.1) is 21.6 Å². The van der Waals surface area contributed by atoms with Crippen LogP contribution in [-0.2, 0) is 6.54 Å². The number of carbonyl (C=O) groups excluding carboxylic acids is 2. The molecule has 2 amide bonds. The standard InChI is InChI=1S/C20H19ClN4O4/c1-4-25-19(28)13-7-5-11(9-15(13)23-20(25)29)17(26)22-16-10-12(6-8-14(16)21)18(27)24(2)3/h5-10H,4H2,1-3H3,(H,22,26)(H,23,29). The number of halogens is 1. The first-order valence-electron chi connectivity index (χ1n) is 8.82. The van der Waals surface area contributed by atoms with E-state index in [9.17, 15) is 19.2 Å². The lowest BCUT2D eigenvalue weighted by Crippen LogP contribution is -2.34. The molecule has 0 atom stereocenters. The van der Waals surface area contributed by atoms with Gasteiger partial charge in [-0.25, -0.2) is 4.79 Å². The summed E-state index contributed by atoms with van der Waals surface area (Å²) < 4.78 is 1.08. The number of aromatic nitrogens is 2. The average molecular weight is 415 g/mol. The minimum atomic E-state index is -0.541. The quantitative estimate of drug-likeness (QED) is 0.683. The van der Waals surface area contributed by atoms with E-state index >= 15 is 0 Å². The Morgan fingerprint density at radius 1 is 1.10 bits per heavy atom. The van der Waals surface area contributed by atoms with Gasteiger partial charge in [-0.1, -0.05) is 11.6 Å². The second-order valence-electron chi connectivity index (χ2n) is 6.59. The summed E-state index contributed by atoms with van der Waals surface area (Å²) in [7, 11) is 3.25. The molecule has 29 heavy (non-hydrogen) atoms. The zero-order valence-corrected chi connectivity index (χ0v) is 16.8. The van der Waals surface area contributed by atoms with Crippen molar-refractivity contribution in [1.29, 1.82) is 0 Å². The summed E-state index contributed by atoms with van der Waals surface area (Å²) in [6.07, 6.45) is 0. The van der Waals surface area contributed by atoms with Crippen molar-refractivity contribution >= 4 is 40.0 Å². The smallest absolute Gasteiger partial charge is 0.328 e. The maximum Gasteiger partial charge on any atom is 0.328 e. The molecular weight excluding hydrogens is 396 g/mol. The zero-order chi connectivity index (χ0) is 21.3. The van der Waals surface area contributed by atoms with Gasteiger partial charge in [0.1, 0.15) is 0 Å². The molecule has 2 aromatic carbocycles. The van der Waals surface area contributed by atoms with Crippen molar-refractivity contribution in [2.75, 3.05) is 19.4 Å². The molecule has 0 aliphatic heterocycles. The Hall–Kier alpha value is -3.39. The molecule has 0 unspecified atom stereocenters. The van der Waals surface area contributed by atoms with E-state index in [4.69, 9.17) is 11.6 Å². The fourth-order valence-corrected chi connectivity index (χ4v) is 3.05. The van der Waals surface area contributed by atoms with Crippen LogP contribution in [0, 0.1) is 0 Å². The molecule has 0 saturated heterocycles. The van der Waals surface area contributed by atoms with E-state index in [1.807, 2.05) is 0 Å². The normalized spacial score (nSPS) is 10.8. The van der Waals surface area contributed by atoms with E-state index in [0.29, 0.717) is 10.9 Å². The monoisotopic (exact) mass is 414 g/mol. The molecule has 9 heteroatoms. The second-order valence-corrected chi connectivity index (χ2v) is 7.00. The van der Waals surface area contributed by atoms with Crippen molar-refractivity contribution in [3.63, 3.8) is 0 Å². The van der Waals surface area contributed by atoms with Crippen molar-refractivity contribution in [3.05, 3.63) is 73.4 Å². The predicted molar refractivity (Wildman–Crippen MR) is 112 cm³/mol. The zero-order valence-electron chi connectivity index (χ0n) is 16.1. The maximum atomic E-state index is 12.7. The van der Waals surface area contributed by atoms with Crippen LogP contribution in [0.1, 0.15) is 27.6 Å². The molecule has 3 rings (SSSR count). The molecule has 2 N–H and O–H groups in total. The third-order valence-electron chi connectivity index (χ3n) is 4.43. The van der Waals surface area contributed by atoms with Gasteiger partial charge < -0.3 is 15.2 Å². The molecule has 3 aromatic rings. The Bertz CT molecular complexity index is 1240. The molecule has 0 fully saturated rings. The molecule has 0 bridgehead atoms. The summed E-state index contributed by atoms with van der Waals surface area (Å²) >= 11 is 6.15. The highest BCUT2D eigenvalue weighted by Crippen LogP contribution is 2.24. The Kier molecular flexibility index (Phi) is 5.56. The molecule has 0 radical (unpaired) electrons. The molecule has 0 aliphatic carbocycles. The Labute approximate surface area is 170 Å². The number of H-pyrrole nitrogens is 1. The first kappa shape index (κ1) is 20.3. The highest BCUT2D eigenvalue weighted by molar-refractivity contribution is 6.34. The minimum Gasteiger partial charge on any atom is -0.345 e. The first-order chi connectivity index (χ1) is 13.7. The lowest BCUT2D eigenvalue weighted by atomic mass is 10.1. The van der Waals surface area contributed by atoms with Gasteiger partial charge in [0.25, 0.3) is 17.4 Å². The number of anilines is 1. The van der Waals surface area contributed by atoms with Crippen LogP contribution < -0.4 is 16.6 Å². The van der Waals surface area contributed by atoms with E-state index in [-0.39, 0.29) is 34.2 Å². The van der Waals surface area contributed by atoms with Gasteiger partial charge in [-0.3, -0.25) is 19.0 Å². The lowest BCUT2D eigenvalue weighted by molar-refractivity contribution is 0.0827. The van der Waals surface area contributed by atoms with Crippen LogP contribution in [0.15, 0.2) is 46.0 Å². The highest BCUT2D eigenvalue weighted by atomic mass is 35.5. The first-order valence-corrected chi connectivity index (χ1v) is 9.20. The number of aromatic amines is 1. The van der Waals surface area contributed by atoms with Crippen molar-refractivity contribution in [2.24, 2.45) is 0 Å². The number of hydrogen-bond acceptors (Lipinski definition) is 4. The largest absolute Gasteiger partial charge is 0.345 e. The number of nitrogens with one attached hydrogen (secondary N) is 2. The molecular formula is C20H19ClN4O4. The van der Waals surface area contributed by atoms with Crippen LogP contribution >= 0.6 is 11.6 Å². The number of rotatable bonds is 4. The fourth-order valence-electron chi connectivity index (χ4n) is 2.89. The molecule has 8 nitrogen and oxygen atoms in total. The summed E-state index contributed by atoms with van der Waals surface area (Å²) in [5.41, 5.74) is 0.177. The molecule has 0 saturated carbocycles. The van der Waals surface area contributed by atoms with Crippen molar-refractivity contribution in [3.8, 4) is 0 Å². The van der Waals surface area contributed by atoms with Crippen molar-refractivity contribution in [1.82, 2.24) is 14.5 Å². The van der Waals surface area contributed by atoms with E-state index in [0.717, 1.165) is 4.57 Å². The van der Waals surface area contributed by atoms with E-state index < -0.39 is 17.2 Å². The average Bonchev–Trinajstić information content (AvgIpc) is 2.68. The highest BCUT2D eigenvalue weighted by Gasteiger charge is 2.15. The third kappa shape index (κ3) is 3.93. The second kappa shape index (κ2) is 7.92. The van der Waals surface area contributed by atoms with Gasteiger partial charge in [0.2, 0.25) is 0 Å². The summed E-state index contributed by atoms with van der Waals surface area (Å²) in [6.45, 7) is 1.94. The summed E-state index contributed by atoms with van der Waals surface area (Å²) in [5, 5.41) is 3.24. The topological polar surface area (TPSA) is 104 Å². The maximum absolute atomic E-state index is 12.7. The van der Waals surface area contributed by atoms with Crippen molar-refractivity contribution in [2.45, 2.75) is 13.5 Å². The summed E-state index contributed by atoms with van der Waals surface area (Å²) in [5.74, 6) is -0.726. The molecule has 0 spiro atoms. The predicted octanol–water partition coefficient (Wildman–Crippen LogP) is 2.32. The van der Waals surface area contributed by atoms with Gasteiger partial charge in [0.15, 0.2) is 0 Å². The van der Waals surface area contributed by atoms with Gasteiger partial charge >= 0.3 is 5.69 Å². The molecule has 0 aliphatic rings. The van der Waals surface area contributed by atoms with Crippen LogP contribution in [0.2, 0.25) is 5.02 Å². The SMILES string of the molecule is CCn1c(=O)[nH]c2cc(C(=O)Nc3cc(C(=O)N(C)C)ccc3Cl)ccc2c1=O.